The number of aliphatic imine (C=N–C) groups is 1. The van der Waals surface area contributed by atoms with Crippen LogP contribution in [0.4, 0.5) is 5.69 Å². The lowest BCUT2D eigenvalue weighted by atomic mass is 10.2. The highest BCUT2D eigenvalue weighted by Crippen LogP contribution is 2.30. The standard InChI is InChI=1S/C23H21NS2/c1-18-11-9-10-16-22(18)26-23(24-20-12-5-3-6-13-20)19(2)17-25-21-14-7-4-8-15-21/h3-17H,1-2H3/b19-17+,24-23+. The molecule has 3 aromatic carbocycles. The van der Waals surface area contributed by atoms with E-state index in [4.69, 9.17) is 4.99 Å². The second-order valence-corrected chi connectivity index (χ2v) is 7.83. The zero-order chi connectivity index (χ0) is 18.2. The number of nitrogens with zero attached hydrogens (tertiary/aromatic N) is 1. The van der Waals surface area contributed by atoms with Crippen LogP contribution in [0.5, 0.6) is 0 Å². The molecule has 0 aromatic heterocycles. The normalized spacial score (nSPS) is 12.2. The predicted octanol–water partition coefficient (Wildman–Crippen LogP) is 7.51. The minimum atomic E-state index is 0.973. The van der Waals surface area contributed by atoms with Crippen molar-refractivity contribution in [1.82, 2.24) is 0 Å². The Morgan fingerprint density at radius 3 is 2.12 bits per heavy atom. The molecule has 0 radical (unpaired) electrons. The Bertz CT molecular complexity index is 900. The van der Waals surface area contributed by atoms with Gasteiger partial charge < -0.3 is 0 Å². The topological polar surface area (TPSA) is 12.4 Å². The monoisotopic (exact) mass is 375 g/mol. The van der Waals surface area contributed by atoms with Crippen LogP contribution in [0.25, 0.3) is 0 Å². The molecule has 0 atom stereocenters. The first-order valence-corrected chi connectivity index (χ1v) is 10.2. The minimum Gasteiger partial charge on any atom is -0.241 e. The Labute approximate surface area is 164 Å². The van der Waals surface area contributed by atoms with Crippen LogP contribution in [-0.4, -0.2) is 5.04 Å². The fourth-order valence-corrected chi connectivity index (χ4v) is 4.06. The highest BCUT2D eigenvalue weighted by molar-refractivity contribution is 8.14. The van der Waals surface area contributed by atoms with Gasteiger partial charge in [-0.1, -0.05) is 78.1 Å². The Kier molecular flexibility index (Phi) is 6.75. The lowest BCUT2D eigenvalue weighted by Gasteiger charge is -2.09. The van der Waals surface area contributed by atoms with Gasteiger partial charge in [0.15, 0.2) is 0 Å². The molecule has 0 amide bonds. The lowest BCUT2D eigenvalue weighted by Crippen LogP contribution is -1.95. The molecule has 1 nitrogen and oxygen atoms in total. The highest BCUT2D eigenvalue weighted by atomic mass is 32.2. The highest BCUT2D eigenvalue weighted by Gasteiger charge is 2.08. The molecule has 0 spiro atoms. The SMILES string of the molecule is CC(=C\Sc1ccccc1)/C(=N\c1ccccc1)Sc1ccccc1C. The summed E-state index contributed by atoms with van der Waals surface area (Å²) in [5.74, 6) is 0. The summed E-state index contributed by atoms with van der Waals surface area (Å²) in [6.45, 7) is 4.27. The maximum Gasteiger partial charge on any atom is 0.105 e. The van der Waals surface area contributed by atoms with Gasteiger partial charge in [0.05, 0.1) is 5.69 Å². The molecule has 0 bridgehead atoms. The maximum absolute atomic E-state index is 4.91. The molecule has 0 aliphatic rings. The van der Waals surface area contributed by atoms with Crippen molar-refractivity contribution in [3.05, 3.63) is 101 Å². The van der Waals surface area contributed by atoms with E-state index >= 15 is 0 Å². The summed E-state index contributed by atoms with van der Waals surface area (Å²) >= 11 is 3.45. The Balaban J connectivity index is 1.89. The number of hydrogen-bond acceptors (Lipinski definition) is 3. The van der Waals surface area contributed by atoms with Crippen LogP contribution >= 0.6 is 23.5 Å². The predicted molar refractivity (Wildman–Crippen MR) is 117 cm³/mol. The fourth-order valence-electron chi connectivity index (χ4n) is 2.29. The van der Waals surface area contributed by atoms with E-state index in [1.54, 1.807) is 23.5 Å². The Hall–Kier alpha value is -2.23. The van der Waals surface area contributed by atoms with Crippen LogP contribution in [0.3, 0.4) is 0 Å². The van der Waals surface area contributed by atoms with Gasteiger partial charge in [-0.2, -0.15) is 0 Å². The molecule has 0 fully saturated rings. The number of para-hydroxylation sites is 1. The molecule has 0 heterocycles. The van der Waals surface area contributed by atoms with Crippen LogP contribution in [0.2, 0.25) is 0 Å². The fraction of sp³-hybridized carbons (Fsp3) is 0.0870. The summed E-state index contributed by atoms with van der Waals surface area (Å²) in [4.78, 5) is 7.37. The number of rotatable bonds is 5. The van der Waals surface area contributed by atoms with E-state index in [0.717, 1.165) is 16.3 Å². The van der Waals surface area contributed by atoms with Gasteiger partial charge in [-0.15, -0.1) is 0 Å². The van der Waals surface area contributed by atoms with Gasteiger partial charge in [-0.05, 0) is 60.7 Å². The van der Waals surface area contributed by atoms with Gasteiger partial charge in [-0.3, -0.25) is 0 Å². The number of aryl methyl sites for hydroxylation is 1. The van der Waals surface area contributed by atoms with Crippen LogP contribution in [0.15, 0.2) is 111 Å². The van der Waals surface area contributed by atoms with Crippen molar-refractivity contribution in [2.24, 2.45) is 4.99 Å². The van der Waals surface area contributed by atoms with Crippen molar-refractivity contribution in [3.8, 4) is 0 Å². The second kappa shape index (κ2) is 9.46. The van der Waals surface area contributed by atoms with Crippen molar-refractivity contribution in [1.29, 1.82) is 0 Å². The summed E-state index contributed by atoms with van der Waals surface area (Å²) in [5.41, 5.74) is 3.40. The van der Waals surface area contributed by atoms with Crippen molar-refractivity contribution < 1.29 is 0 Å². The zero-order valence-electron chi connectivity index (χ0n) is 14.9. The molecule has 3 heteroatoms. The first kappa shape index (κ1) is 18.6. The van der Waals surface area contributed by atoms with E-state index in [0.29, 0.717) is 0 Å². The molecule has 130 valence electrons. The van der Waals surface area contributed by atoms with Gasteiger partial charge in [0, 0.05) is 9.79 Å². The first-order valence-electron chi connectivity index (χ1n) is 8.48. The van der Waals surface area contributed by atoms with E-state index in [1.807, 2.05) is 36.4 Å². The third kappa shape index (κ3) is 5.38. The largest absolute Gasteiger partial charge is 0.241 e. The maximum atomic E-state index is 4.91. The van der Waals surface area contributed by atoms with Gasteiger partial charge in [0.2, 0.25) is 0 Å². The van der Waals surface area contributed by atoms with Gasteiger partial charge in [0.1, 0.15) is 5.04 Å². The second-order valence-electron chi connectivity index (χ2n) is 5.85. The van der Waals surface area contributed by atoms with Crippen molar-refractivity contribution >= 4 is 34.3 Å². The van der Waals surface area contributed by atoms with Gasteiger partial charge >= 0.3 is 0 Å². The molecule has 0 aliphatic carbocycles. The average Bonchev–Trinajstić information content (AvgIpc) is 2.69. The zero-order valence-corrected chi connectivity index (χ0v) is 16.6. The third-order valence-electron chi connectivity index (χ3n) is 3.74. The molecule has 0 saturated carbocycles. The summed E-state index contributed by atoms with van der Waals surface area (Å²) < 4.78 is 0. The van der Waals surface area contributed by atoms with E-state index < -0.39 is 0 Å². The van der Waals surface area contributed by atoms with E-state index in [1.165, 1.54) is 15.4 Å². The van der Waals surface area contributed by atoms with Crippen molar-refractivity contribution in [2.45, 2.75) is 23.6 Å². The molecule has 3 rings (SSSR count). The molecular formula is C23H21NS2. The minimum absolute atomic E-state index is 0.973. The molecular weight excluding hydrogens is 354 g/mol. The number of hydrogen-bond donors (Lipinski definition) is 0. The summed E-state index contributed by atoms with van der Waals surface area (Å²) in [5, 5.41) is 3.21. The molecule has 0 N–H and O–H groups in total. The summed E-state index contributed by atoms with van der Waals surface area (Å²) in [6.07, 6.45) is 0. The quantitative estimate of drug-likeness (QED) is 0.260. The summed E-state index contributed by atoms with van der Waals surface area (Å²) in [6, 6.07) is 29.0. The molecule has 3 aromatic rings. The molecule has 0 unspecified atom stereocenters. The molecule has 26 heavy (non-hydrogen) atoms. The molecule has 0 saturated heterocycles. The third-order valence-corrected chi connectivity index (χ3v) is 6.04. The average molecular weight is 376 g/mol. The van der Waals surface area contributed by atoms with Crippen LogP contribution in [-0.2, 0) is 0 Å². The lowest BCUT2D eigenvalue weighted by molar-refractivity contribution is 1.31. The summed E-state index contributed by atoms with van der Waals surface area (Å²) in [7, 11) is 0. The van der Waals surface area contributed by atoms with Gasteiger partial charge in [-0.25, -0.2) is 4.99 Å². The van der Waals surface area contributed by atoms with Crippen molar-refractivity contribution in [2.75, 3.05) is 0 Å². The van der Waals surface area contributed by atoms with Crippen LogP contribution < -0.4 is 0 Å². The first-order chi connectivity index (χ1) is 12.7. The number of thioether (sulfide) groups is 2. The Morgan fingerprint density at radius 2 is 1.42 bits per heavy atom. The smallest absolute Gasteiger partial charge is 0.105 e. The van der Waals surface area contributed by atoms with Gasteiger partial charge in [0.25, 0.3) is 0 Å². The van der Waals surface area contributed by atoms with Crippen LogP contribution in [0.1, 0.15) is 12.5 Å². The van der Waals surface area contributed by atoms with Crippen LogP contribution in [0, 0.1) is 6.92 Å². The van der Waals surface area contributed by atoms with E-state index in [9.17, 15) is 0 Å². The Morgan fingerprint density at radius 1 is 0.808 bits per heavy atom. The van der Waals surface area contributed by atoms with E-state index in [-0.39, 0.29) is 0 Å². The van der Waals surface area contributed by atoms with E-state index in [2.05, 4.69) is 67.8 Å². The number of benzene rings is 3. The van der Waals surface area contributed by atoms with Crippen molar-refractivity contribution in [3.63, 3.8) is 0 Å². The molecule has 0 aliphatic heterocycles.